The van der Waals surface area contributed by atoms with Gasteiger partial charge < -0.3 is 19.3 Å². The number of nitrogens with zero attached hydrogens (tertiary/aromatic N) is 5. The molecule has 7 nitrogen and oxygen atoms in total. The number of hydrogen-bond donors (Lipinski definition) is 1. The Labute approximate surface area is 190 Å². The fourth-order valence-corrected chi connectivity index (χ4v) is 5.37. The van der Waals surface area contributed by atoms with E-state index >= 15 is 0 Å². The lowest BCUT2D eigenvalue weighted by Gasteiger charge is -2.33. The molecule has 3 heterocycles. The zero-order valence-corrected chi connectivity index (χ0v) is 20.1. The van der Waals surface area contributed by atoms with Crippen LogP contribution in [0, 0.1) is 20.8 Å². The fourth-order valence-electron chi connectivity index (χ4n) is 5.37. The highest BCUT2D eigenvalue weighted by molar-refractivity contribution is 5.71. The third-order valence-electron chi connectivity index (χ3n) is 6.58. The van der Waals surface area contributed by atoms with E-state index in [0.29, 0.717) is 18.9 Å². The predicted molar refractivity (Wildman–Crippen MR) is 127 cm³/mol. The molecule has 1 unspecified atom stereocenters. The molecule has 4 rings (SSSR count). The van der Waals surface area contributed by atoms with Gasteiger partial charge >= 0.3 is 0 Å². The number of aliphatic hydroxyl groups is 1. The molecule has 0 radical (unpaired) electrons. The van der Waals surface area contributed by atoms with Crippen molar-refractivity contribution >= 4 is 11.5 Å². The molecule has 0 aliphatic carbocycles. The lowest BCUT2D eigenvalue weighted by Crippen LogP contribution is -2.36. The maximum atomic E-state index is 12.2. The monoisotopic (exact) mass is 437 g/mol. The van der Waals surface area contributed by atoms with Gasteiger partial charge in [-0.2, -0.15) is 5.10 Å². The molecule has 3 aromatic rings. The van der Waals surface area contributed by atoms with E-state index in [2.05, 4.69) is 49.7 Å². The van der Waals surface area contributed by atoms with Crippen LogP contribution in [0.15, 0.2) is 24.5 Å². The first-order chi connectivity index (χ1) is 15.3. The average molecular weight is 438 g/mol. The van der Waals surface area contributed by atoms with E-state index < -0.39 is 5.60 Å². The highest BCUT2D eigenvalue weighted by atomic mass is 16.5. The first-order valence-electron chi connectivity index (χ1n) is 11.5. The Hall–Kier alpha value is -2.64. The first-order valence-corrected chi connectivity index (χ1v) is 11.5. The number of benzene rings is 1. The SMILES string of the molecule is CCn1ccnc1C(O)(CCOC)c1c2c(nn1C)N(c1c(C)cc(C)cc1C)CCC2. The smallest absolute Gasteiger partial charge is 0.166 e. The number of rotatable bonds is 7. The Kier molecular flexibility index (Phi) is 6.14. The van der Waals surface area contributed by atoms with Gasteiger partial charge in [0.05, 0.1) is 5.69 Å². The number of anilines is 2. The topological polar surface area (TPSA) is 68.3 Å². The van der Waals surface area contributed by atoms with Crippen molar-refractivity contribution in [2.24, 2.45) is 7.05 Å². The van der Waals surface area contributed by atoms with Crippen LogP contribution >= 0.6 is 0 Å². The van der Waals surface area contributed by atoms with E-state index in [0.717, 1.165) is 43.0 Å². The van der Waals surface area contributed by atoms with E-state index in [1.54, 1.807) is 13.3 Å². The van der Waals surface area contributed by atoms with Crippen LogP contribution in [0.4, 0.5) is 11.5 Å². The molecule has 0 saturated heterocycles. The van der Waals surface area contributed by atoms with E-state index in [-0.39, 0.29) is 0 Å². The number of ether oxygens (including phenoxy) is 1. The molecular formula is C25H35N5O2. The van der Waals surface area contributed by atoms with E-state index in [9.17, 15) is 5.11 Å². The molecule has 0 saturated carbocycles. The summed E-state index contributed by atoms with van der Waals surface area (Å²) >= 11 is 0. The summed E-state index contributed by atoms with van der Waals surface area (Å²) in [5.41, 5.74) is 5.61. The van der Waals surface area contributed by atoms with Gasteiger partial charge in [0.1, 0.15) is 5.82 Å². The molecule has 32 heavy (non-hydrogen) atoms. The molecule has 0 bridgehead atoms. The molecule has 0 amide bonds. The second-order valence-corrected chi connectivity index (χ2v) is 8.92. The van der Waals surface area contributed by atoms with Crippen molar-refractivity contribution in [1.82, 2.24) is 19.3 Å². The van der Waals surface area contributed by atoms with Gasteiger partial charge in [0.15, 0.2) is 11.4 Å². The van der Waals surface area contributed by atoms with Gasteiger partial charge in [-0.05, 0) is 51.7 Å². The van der Waals surface area contributed by atoms with Crippen LogP contribution in [0.2, 0.25) is 0 Å². The Bertz CT molecular complexity index is 1090. The van der Waals surface area contributed by atoms with Gasteiger partial charge in [-0.3, -0.25) is 4.68 Å². The van der Waals surface area contributed by atoms with Crippen LogP contribution in [0.3, 0.4) is 0 Å². The second-order valence-electron chi connectivity index (χ2n) is 8.92. The Morgan fingerprint density at radius 1 is 1.19 bits per heavy atom. The third-order valence-corrected chi connectivity index (χ3v) is 6.58. The average Bonchev–Trinajstić information content (AvgIpc) is 3.36. The Morgan fingerprint density at radius 2 is 1.91 bits per heavy atom. The number of hydrogen-bond acceptors (Lipinski definition) is 5. The molecular weight excluding hydrogens is 402 g/mol. The van der Waals surface area contributed by atoms with Crippen molar-refractivity contribution in [2.75, 3.05) is 25.2 Å². The third kappa shape index (κ3) is 3.63. The molecule has 1 N–H and O–H groups in total. The summed E-state index contributed by atoms with van der Waals surface area (Å²) in [5, 5.41) is 17.1. The zero-order chi connectivity index (χ0) is 23.0. The summed E-state index contributed by atoms with van der Waals surface area (Å²) in [6.45, 7) is 10.6. The van der Waals surface area contributed by atoms with E-state index in [1.165, 1.54) is 22.4 Å². The molecule has 7 heteroatoms. The molecule has 0 spiro atoms. The highest BCUT2D eigenvalue weighted by Gasteiger charge is 2.43. The maximum absolute atomic E-state index is 12.2. The lowest BCUT2D eigenvalue weighted by atomic mass is 9.88. The van der Waals surface area contributed by atoms with Crippen molar-refractivity contribution in [1.29, 1.82) is 0 Å². The van der Waals surface area contributed by atoms with Crippen LogP contribution in [0.25, 0.3) is 0 Å². The van der Waals surface area contributed by atoms with Gasteiger partial charge in [0.2, 0.25) is 0 Å². The summed E-state index contributed by atoms with van der Waals surface area (Å²) in [6, 6.07) is 4.46. The number of fused-ring (bicyclic) bond motifs is 1. The van der Waals surface area contributed by atoms with Gasteiger partial charge in [0.25, 0.3) is 0 Å². The summed E-state index contributed by atoms with van der Waals surface area (Å²) in [7, 11) is 3.59. The highest BCUT2D eigenvalue weighted by Crippen LogP contribution is 2.43. The van der Waals surface area contributed by atoms with Crippen LogP contribution < -0.4 is 4.90 Å². The minimum atomic E-state index is -1.29. The molecule has 0 fully saturated rings. The first kappa shape index (κ1) is 22.6. The largest absolute Gasteiger partial charge is 0.385 e. The van der Waals surface area contributed by atoms with Gasteiger partial charge in [-0.25, -0.2) is 4.98 Å². The summed E-state index contributed by atoms with van der Waals surface area (Å²) in [5.74, 6) is 1.58. The van der Waals surface area contributed by atoms with Crippen molar-refractivity contribution in [3.63, 3.8) is 0 Å². The maximum Gasteiger partial charge on any atom is 0.166 e. The zero-order valence-electron chi connectivity index (χ0n) is 20.1. The number of methoxy groups -OCH3 is 1. The standard InChI is InChI=1S/C25H35N5O2/c1-7-29-13-11-26-24(29)25(31,10-14-32-6)22-20-9-8-12-30(23(20)27-28(22)5)21-18(3)15-17(2)16-19(21)4/h11,13,15-16,31H,7-10,12,14H2,1-6H3. The Morgan fingerprint density at radius 3 is 2.56 bits per heavy atom. The molecule has 1 aliphatic rings. The van der Waals surface area contributed by atoms with Crippen molar-refractivity contribution in [2.45, 2.75) is 59.1 Å². The van der Waals surface area contributed by atoms with Crippen LogP contribution in [0.5, 0.6) is 0 Å². The lowest BCUT2D eigenvalue weighted by molar-refractivity contribution is 0.0226. The normalized spacial score (nSPS) is 15.7. The molecule has 172 valence electrons. The fraction of sp³-hybridized carbons (Fsp3) is 0.520. The van der Waals surface area contributed by atoms with Crippen molar-refractivity contribution in [3.8, 4) is 0 Å². The van der Waals surface area contributed by atoms with Crippen LogP contribution in [-0.4, -0.2) is 44.7 Å². The van der Waals surface area contributed by atoms with Gasteiger partial charge in [-0.15, -0.1) is 0 Å². The second kappa shape index (κ2) is 8.71. The molecule has 1 atom stereocenters. The minimum Gasteiger partial charge on any atom is -0.385 e. The summed E-state index contributed by atoms with van der Waals surface area (Å²) < 4.78 is 9.24. The molecule has 1 aromatic carbocycles. The van der Waals surface area contributed by atoms with Crippen molar-refractivity contribution in [3.05, 3.63) is 58.3 Å². The molecule has 2 aromatic heterocycles. The van der Waals surface area contributed by atoms with Crippen LogP contribution in [-0.2, 0) is 30.4 Å². The van der Waals surface area contributed by atoms with Gasteiger partial charge in [0, 0.05) is 63.9 Å². The molecule has 1 aliphatic heterocycles. The number of aromatic nitrogens is 4. The summed E-state index contributed by atoms with van der Waals surface area (Å²) in [6.07, 6.45) is 5.96. The number of imidazole rings is 1. The Balaban J connectivity index is 1.89. The van der Waals surface area contributed by atoms with E-state index in [4.69, 9.17) is 9.84 Å². The number of aryl methyl sites for hydroxylation is 5. The van der Waals surface area contributed by atoms with Gasteiger partial charge in [-0.1, -0.05) is 17.7 Å². The summed E-state index contributed by atoms with van der Waals surface area (Å²) in [4.78, 5) is 6.90. The van der Waals surface area contributed by atoms with E-state index in [1.807, 2.05) is 22.5 Å². The quantitative estimate of drug-likeness (QED) is 0.607. The minimum absolute atomic E-state index is 0.412. The predicted octanol–water partition coefficient (Wildman–Crippen LogP) is 3.92. The van der Waals surface area contributed by atoms with Crippen molar-refractivity contribution < 1.29 is 9.84 Å². The van der Waals surface area contributed by atoms with Crippen LogP contribution in [0.1, 0.15) is 53.5 Å².